The van der Waals surface area contributed by atoms with E-state index in [2.05, 4.69) is 10.3 Å². The second kappa shape index (κ2) is 8.29. The van der Waals surface area contributed by atoms with Gasteiger partial charge in [-0.1, -0.05) is 36.4 Å². The average Bonchev–Trinajstić information content (AvgIpc) is 3.13. The normalized spacial score (nSPS) is 14.8. The molecule has 3 rings (SSSR count). The topological polar surface area (TPSA) is 51.2 Å². The molecule has 124 valence electrons. The van der Waals surface area contributed by atoms with E-state index in [1.165, 1.54) is 12.8 Å². The van der Waals surface area contributed by atoms with Gasteiger partial charge in [-0.25, -0.2) is 4.98 Å². The first-order valence-electron chi connectivity index (χ1n) is 8.42. The molecule has 1 saturated carbocycles. The number of carbonyl (C=O) groups is 1. The molecule has 1 aliphatic rings. The lowest BCUT2D eigenvalue weighted by Gasteiger charge is -2.12. The van der Waals surface area contributed by atoms with Crippen LogP contribution >= 0.6 is 0 Å². The van der Waals surface area contributed by atoms with Crippen LogP contribution in [0.5, 0.6) is 5.88 Å². The minimum absolute atomic E-state index is 0.120. The molecule has 1 amide bonds. The fourth-order valence-corrected chi connectivity index (χ4v) is 2.75. The molecule has 24 heavy (non-hydrogen) atoms. The molecule has 2 aromatic rings. The summed E-state index contributed by atoms with van der Waals surface area (Å²) in [5.74, 6) is 0.547. The van der Waals surface area contributed by atoms with E-state index in [0.29, 0.717) is 18.5 Å². The largest absolute Gasteiger partial charge is 0.474 e. The van der Waals surface area contributed by atoms with Gasteiger partial charge in [0.15, 0.2) is 0 Å². The van der Waals surface area contributed by atoms with E-state index in [1.807, 2.05) is 42.5 Å². The van der Waals surface area contributed by atoms with Crippen molar-refractivity contribution in [1.29, 1.82) is 0 Å². The first-order valence-corrected chi connectivity index (χ1v) is 8.42. The molecule has 1 fully saturated rings. The van der Waals surface area contributed by atoms with Crippen molar-refractivity contribution < 1.29 is 9.53 Å². The summed E-state index contributed by atoms with van der Waals surface area (Å²) in [6.45, 7) is 0.453. The van der Waals surface area contributed by atoms with Gasteiger partial charge < -0.3 is 10.1 Å². The van der Waals surface area contributed by atoms with E-state index in [1.54, 1.807) is 18.3 Å². The first kappa shape index (κ1) is 16.2. The summed E-state index contributed by atoms with van der Waals surface area (Å²) in [6, 6.07) is 13.6. The average molecular weight is 322 g/mol. The lowest BCUT2D eigenvalue weighted by molar-refractivity contribution is -0.116. The van der Waals surface area contributed by atoms with Gasteiger partial charge in [-0.2, -0.15) is 0 Å². The standard InChI is InChI=1S/C20H22N2O2/c23-19(12-10-16-6-2-1-3-7-16)21-14-17-11-13-20(22-15-17)24-18-8-4-5-9-18/h1-3,6-7,10-13,15,18H,4-5,8-9,14H2,(H,21,23). The van der Waals surface area contributed by atoms with Crippen LogP contribution < -0.4 is 10.1 Å². The van der Waals surface area contributed by atoms with Crippen LogP contribution in [0.25, 0.3) is 6.08 Å². The number of nitrogens with zero attached hydrogens (tertiary/aromatic N) is 1. The molecule has 1 heterocycles. The minimum atomic E-state index is -0.120. The van der Waals surface area contributed by atoms with Gasteiger partial charge in [-0.3, -0.25) is 4.79 Å². The van der Waals surface area contributed by atoms with Crippen LogP contribution in [0.1, 0.15) is 36.8 Å². The van der Waals surface area contributed by atoms with E-state index in [0.717, 1.165) is 24.0 Å². The van der Waals surface area contributed by atoms with Crippen molar-refractivity contribution in [3.05, 3.63) is 65.9 Å². The van der Waals surface area contributed by atoms with Crippen molar-refractivity contribution in [3.8, 4) is 5.88 Å². The minimum Gasteiger partial charge on any atom is -0.474 e. The van der Waals surface area contributed by atoms with Crippen LogP contribution in [0.2, 0.25) is 0 Å². The Labute approximate surface area is 142 Å². The van der Waals surface area contributed by atoms with Crippen molar-refractivity contribution in [2.75, 3.05) is 0 Å². The van der Waals surface area contributed by atoms with Crippen molar-refractivity contribution in [2.45, 2.75) is 38.3 Å². The van der Waals surface area contributed by atoms with E-state index >= 15 is 0 Å². The van der Waals surface area contributed by atoms with E-state index in [4.69, 9.17) is 4.74 Å². The molecule has 1 aliphatic carbocycles. The Hall–Kier alpha value is -2.62. The van der Waals surface area contributed by atoms with E-state index < -0.39 is 0 Å². The molecule has 4 heteroatoms. The molecule has 0 saturated heterocycles. The summed E-state index contributed by atoms with van der Waals surface area (Å²) >= 11 is 0. The molecule has 1 aromatic heterocycles. The van der Waals surface area contributed by atoms with E-state index in [9.17, 15) is 4.79 Å². The summed E-state index contributed by atoms with van der Waals surface area (Å²) in [6.07, 6.45) is 10.1. The third-order valence-electron chi connectivity index (χ3n) is 4.08. The van der Waals surface area contributed by atoms with Gasteiger partial charge in [0.1, 0.15) is 6.10 Å². The smallest absolute Gasteiger partial charge is 0.244 e. The summed E-state index contributed by atoms with van der Waals surface area (Å²) in [5, 5.41) is 2.86. The Morgan fingerprint density at radius 2 is 1.96 bits per heavy atom. The molecule has 0 radical (unpaired) electrons. The van der Waals surface area contributed by atoms with Gasteiger partial charge in [0.05, 0.1) is 0 Å². The number of amides is 1. The third kappa shape index (κ3) is 4.95. The second-order valence-corrected chi connectivity index (χ2v) is 5.99. The van der Waals surface area contributed by atoms with Gasteiger partial charge in [0.25, 0.3) is 0 Å². The Balaban J connectivity index is 1.45. The monoisotopic (exact) mass is 322 g/mol. The molecular weight excluding hydrogens is 300 g/mol. The Morgan fingerprint density at radius 3 is 2.67 bits per heavy atom. The summed E-state index contributed by atoms with van der Waals surface area (Å²) < 4.78 is 5.83. The predicted molar refractivity (Wildman–Crippen MR) is 94.4 cm³/mol. The van der Waals surface area contributed by atoms with Crippen molar-refractivity contribution in [2.24, 2.45) is 0 Å². The van der Waals surface area contributed by atoms with Crippen LogP contribution in [-0.2, 0) is 11.3 Å². The van der Waals surface area contributed by atoms with Crippen LogP contribution in [0.4, 0.5) is 0 Å². The highest BCUT2D eigenvalue weighted by Crippen LogP contribution is 2.22. The van der Waals surface area contributed by atoms with Crippen molar-refractivity contribution >= 4 is 12.0 Å². The van der Waals surface area contributed by atoms with E-state index in [-0.39, 0.29) is 5.91 Å². The van der Waals surface area contributed by atoms with Crippen LogP contribution in [0.15, 0.2) is 54.7 Å². The lowest BCUT2D eigenvalue weighted by atomic mass is 10.2. The number of aromatic nitrogens is 1. The molecule has 0 unspecified atom stereocenters. The number of nitrogens with one attached hydrogen (secondary N) is 1. The zero-order chi connectivity index (χ0) is 16.6. The summed E-state index contributed by atoms with van der Waals surface area (Å²) in [5.41, 5.74) is 1.96. The summed E-state index contributed by atoms with van der Waals surface area (Å²) in [7, 11) is 0. The Bertz CT molecular complexity index is 675. The highest BCUT2D eigenvalue weighted by atomic mass is 16.5. The van der Waals surface area contributed by atoms with Crippen LogP contribution in [-0.4, -0.2) is 17.0 Å². The number of ether oxygens (including phenoxy) is 1. The fraction of sp³-hybridized carbons (Fsp3) is 0.300. The number of pyridine rings is 1. The Morgan fingerprint density at radius 1 is 1.17 bits per heavy atom. The van der Waals surface area contributed by atoms with Gasteiger partial charge >= 0.3 is 0 Å². The number of rotatable bonds is 6. The maximum atomic E-state index is 11.8. The Kier molecular flexibility index (Phi) is 5.61. The zero-order valence-electron chi connectivity index (χ0n) is 13.7. The van der Waals surface area contributed by atoms with Crippen molar-refractivity contribution in [1.82, 2.24) is 10.3 Å². The highest BCUT2D eigenvalue weighted by Gasteiger charge is 2.16. The van der Waals surface area contributed by atoms with Gasteiger partial charge in [-0.15, -0.1) is 0 Å². The van der Waals surface area contributed by atoms with Crippen LogP contribution in [0.3, 0.4) is 0 Å². The molecule has 1 aromatic carbocycles. The molecule has 0 aliphatic heterocycles. The zero-order valence-corrected chi connectivity index (χ0v) is 13.7. The number of carbonyl (C=O) groups excluding carboxylic acids is 1. The predicted octanol–water partition coefficient (Wildman–Crippen LogP) is 3.73. The maximum Gasteiger partial charge on any atom is 0.244 e. The van der Waals surface area contributed by atoms with Crippen molar-refractivity contribution in [3.63, 3.8) is 0 Å². The highest BCUT2D eigenvalue weighted by molar-refractivity contribution is 5.91. The van der Waals surface area contributed by atoms with Crippen LogP contribution in [0, 0.1) is 0 Å². The quantitative estimate of drug-likeness (QED) is 0.824. The SMILES string of the molecule is O=C(C=Cc1ccccc1)NCc1ccc(OC2CCCC2)nc1. The molecular formula is C20H22N2O2. The first-order chi connectivity index (χ1) is 11.8. The van der Waals surface area contributed by atoms with Gasteiger partial charge in [0, 0.05) is 24.9 Å². The number of benzene rings is 1. The van der Waals surface area contributed by atoms with Gasteiger partial charge in [0.2, 0.25) is 11.8 Å². The maximum absolute atomic E-state index is 11.8. The summed E-state index contributed by atoms with van der Waals surface area (Å²) in [4.78, 5) is 16.2. The molecule has 4 nitrogen and oxygen atoms in total. The number of hydrogen-bond acceptors (Lipinski definition) is 3. The fourth-order valence-electron chi connectivity index (χ4n) is 2.75. The third-order valence-corrected chi connectivity index (χ3v) is 4.08. The second-order valence-electron chi connectivity index (χ2n) is 5.99. The lowest BCUT2D eigenvalue weighted by Crippen LogP contribution is -2.20. The molecule has 0 atom stereocenters. The molecule has 0 spiro atoms. The number of hydrogen-bond donors (Lipinski definition) is 1. The molecule has 1 N–H and O–H groups in total. The molecule has 0 bridgehead atoms. The van der Waals surface area contributed by atoms with Gasteiger partial charge in [-0.05, 0) is 42.9 Å².